The zero-order valence-electron chi connectivity index (χ0n) is 33.3. The molecule has 7 aliphatic heterocycles. The third-order valence-corrected chi connectivity index (χ3v) is 14.8. The van der Waals surface area contributed by atoms with E-state index >= 15 is 0 Å². The molecule has 2 fully saturated rings. The first kappa shape index (κ1) is 38.0. The summed E-state index contributed by atoms with van der Waals surface area (Å²) in [7, 11) is 3.56. The van der Waals surface area contributed by atoms with Gasteiger partial charge in [0, 0.05) is 63.2 Å². The van der Waals surface area contributed by atoms with E-state index < -0.39 is 41.1 Å². The van der Waals surface area contributed by atoms with Crippen LogP contribution in [0.2, 0.25) is 0 Å². The molecule has 3 N–H and O–H groups in total. The van der Waals surface area contributed by atoms with E-state index in [1.54, 1.807) is 18.9 Å². The molecule has 1 aromatic heterocycles. The number of aromatic hydroxyl groups is 1. The fraction of sp³-hybridized carbons (Fsp3) is 0.432. The van der Waals surface area contributed by atoms with Gasteiger partial charge in [-0.05, 0) is 56.5 Å². The SMILES string of the molecule is C=CCOC(=O)Oc1c(C)c2c(c3c1[C@H]1SC[C@]4(NCCc5c4[nH]c4ccccc54)C(=O)COC[C@@H]3N3C1[C@H]1c4c(cc(C)c(OC)c4O)C[C@@H]([C@@H]3C#N)N1C)OCO2. The highest BCUT2D eigenvalue weighted by molar-refractivity contribution is 7.99. The summed E-state index contributed by atoms with van der Waals surface area (Å²) in [6.45, 7) is 7.65. The number of hydrogen-bond acceptors (Lipinski definition) is 14. The molecule has 306 valence electrons. The number of phenolic OH excluding ortho intramolecular Hbond substituents is 1. The molecule has 11 rings (SSSR count). The number of ketones is 1. The third kappa shape index (κ3) is 5.39. The van der Waals surface area contributed by atoms with Crippen LogP contribution in [0.15, 0.2) is 43.0 Å². The van der Waals surface area contributed by atoms with Gasteiger partial charge in [0.2, 0.25) is 6.79 Å². The number of thioether (sulfide) groups is 1. The normalized spacial score (nSPS) is 28.2. The van der Waals surface area contributed by atoms with Crippen molar-refractivity contribution in [1.29, 1.82) is 5.26 Å². The van der Waals surface area contributed by atoms with Crippen molar-refractivity contribution < 1.29 is 43.1 Å². The number of likely N-dealkylation sites (N-methyl/N-ethyl adjacent to an activating group) is 1. The number of aryl methyl sites for hydroxylation is 1. The van der Waals surface area contributed by atoms with Crippen LogP contribution in [0.4, 0.5) is 4.79 Å². The molecular formula is C44H45N5O9S. The van der Waals surface area contributed by atoms with E-state index in [9.17, 15) is 20.0 Å². The number of para-hydroxylation sites is 1. The summed E-state index contributed by atoms with van der Waals surface area (Å²) >= 11 is 1.55. The van der Waals surface area contributed by atoms with Crippen LogP contribution in [0.1, 0.15) is 62.0 Å². The quantitative estimate of drug-likeness (QED) is 0.133. The van der Waals surface area contributed by atoms with Gasteiger partial charge >= 0.3 is 6.16 Å². The summed E-state index contributed by atoms with van der Waals surface area (Å²) < 4.78 is 36.4. The molecule has 0 aliphatic carbocycles. The number of rotatable bonds is 4. The lowest BCUT2D eigenvalue weighted by atomic mass is 9.71. The molecule has 7 atom stereocenters. The lowest BCUT2D eigenvalue weighted by Crippen LogP contribution is -2.69. The monoisotopic (exact) mass is 819 g/mol. The Balaban J connectivity index is 1.25. The number of fused-ring (bicyclic) bond motifs is 12. The molecule has 0 saturated carbocycles. The second-order valence-electron chi connectivity index (χ2n) is 16.1. The molecule has 3 aromatic carbocycles. The van der Waals surface area contributed by atoms with Crippen LogP contribution in [-0.4, -0.2) is 103 Å². The highest BCUT2D eigenvalue weighted by Gasteiger charge is 2.61. The molecule has 59 heavy (non-hydrogen) atoms. The fourth-order valence-corrected chi connectivity index (χ4v) is 12.6. The van der Waals surface area contributed by atoms with E-state index in [-0.39, 0.29) is 55.7 Å². The molecule has 0 amide bonds. The van der Waals surface area contributed by atoms with Crippen molar-refractivity contribution in [1.82, 2.24) is 20.1 Å². The van der Waals surface area contributed by atoms with Crippen LogP contribution in [0, 0.1) is 25.2 Å². The number of benzene rings is 3. The summed E-state index contributed by atoms with van der Waals surface area (Å²) in [5, 5.41) is 27.6. The van der Waals surface area contributed by atoms with Gasteiger partial charge in [0.15, 0.2) is 28.8 Å². The number of nitriles is 1. The summed E-state index contributed by atoms with van der Waals surface area (Å²) in [6.07, 6.45) is 1.78. The van der Waals surface area contributed by atoms with Gasteiger partial charge in [-0.2, -0.15) is 5.26 Å². The average Bonchev–Trinajstić information content (AvgIpc) is 3.87. The number of nitrogens with one attached hydrogen (secondary N) is 2. The number of phenols is 1. The van der Waals surface area contributed by atoms with Gasteiger partial charge in [-0.1, -0.05) is 36.9 Å². The zero-order valence-corrected chi connectivity index (χ0v) is 34.1. The molecule has 1 unspecified atom stereocenters. The summed E-state index contributed by atoms with van der Waals surface area (Å²) in [4.78, 5) is 36.5. The maximum absolute atomic E-state index is 14.9. The number of hydrogen-bond donors (Lipinski definition) is 3. The van der Waals surface area contributed by atoms with Crippen LogP contribution in [0.25, 0.3) is 10.9 Å². The zero-order chi connectivity index (χ0) is 40.9. The number of carbonyl (C=O) groups excluding carboxylic acids is 2. The highest BCUT2D eigenvalue weighted by Crippen LogP contribution is 2.64. The first-order chi connectivity index (χ1) is 28.6. The van der Waals surface area contributed by atoms with Crippen molar-refractivity contribution in [2.24, 2.45) is 0 Å². The molecule has 4 bridgehead atoms. The van der Waals surface area contributed by atoms with E-state index in [4.69, 9.17) is 28.4 Å². The van der Waals surface area contributed by atoms with Crippen molar-refractivity contribution >= 4 is 34.6 Å². The van der Waals surface area contributed by atoms with E-state index in [2.05, 4.69) is 44.9 Å². The summed E-state index contributed by atoms with van der Waals surface area (Å²) in [5.74, 6) is 1.72. The Morgan fingerprint density at radius 3 is 2.80 bits per heavy atom. The largest absolute Gasteiger partial charge is 0.514 e. The number of aromatic nitrogens is 1. The number of methoxy groups -OCH3 is 1. The van der Waals surface area contributed by atoms with E-state index in [0.29, 0.717) is 52.5 Å². The van der Waals surface area contributed by atoms with Crippen molar-refractivity contribution in [2.45, 2.75) is 67.7 Å². The first-order valence-corrected chi connectivity index (χ1v) is 21.0. The molecule has 14 nitrogen and oxygen atoms in total. The second kappa shape index (κ2) is 14.2. The number of ether oxygens (including phenoxy) is 6. The molecule has 7 aliphatic rings. The molecule has 0 radical (unpaired) electrons. The molecule has 4 aromatic rings. The van der Waals surface area contributed by atoms with Gasteiger partial charge in [-0.3, -0.25) is 19.9 Å². The number of aromatic amines is 1. The molecular weight excluding hydrogens is 775 g/mol. The molecule has 2 saturated heterocycles. The Labute approximate surface area is 345 Å². The minimum Gasteiger partial charge on any atom is -0.504 e. The van der Waals surface area contributed by atoms with Gasteiger partial charge < -0.3 is 38.5 Å². The van der Waals surface area contributed by atoms with Crippen molar-refractivity contribution in [3.63, 3.8) is 0 Å². The smallest absolute Gasteiger partial charge is 0.504 e. The van der Waals surface area contributed by atoms with Crippen LogP contribution in [0.5, 0.6) is 28.7 Å². The van der Waals surface area contributed by atoms with E-state index in [0.717, 1.165) is 39.7 Å². The number of piperazine rings is 1. The maximum Gasteiger partial charge on any atom is 0.514 e. The predicted molar refractivity (Wildman–Crippen MR) is 217 cm³/mol. The summed E-state index contributed by atoms with van der Waals surface area (Å²) in [5.41, 5.74) is 5.97. The predicted octanol–water partition coefficient (Wildman–Crippen LogP) is 5.57. The van der Waals surface area contributed by atoms with Gasteiger partial charge in [-0.25, -0.2) is 4.79 Å². The van der Waals surface area contributed by atoms with Crippen molar-refractivity contribution in [3.8, 4) is 34.8 Å². The Bertz CT molecular complexity index is 2500. The summed E-state index contributed by atoms with van der Waals surface area (Å²) in [6, 6.07) is 10.2. The molecule has 15 heteroatoms. The number of nitrogens with zero attached hydrogens (tertiary/aromatic N) is 3. The molecule has 1 spiro atoms. The van der Waals surface area contributed by atoms with Gasteiger partial charge in [0.05, 0.1) is 37.1 Å². The van der Waals surface area contributed by atoms with Crippen molar-refractivity contribution in [3.05, 3.63) is 87.6 Å². The minimum absolute atomic E-state index is 0.00112. The number of H-pyrrole nitrogens is 1. The topological polar surface area (TPSA) is 168 Å². The number of Topliss-reactive ketones (excluding diaryl/α,β-unsaturated/α-hetero) is 1. The van der Waals surface area contributed by atoms with Crippen LogP contribution >= 0.6 is 11.8 Å². The third-order valence-electron chi connectivity index (χ3n) is 13.3. The van der Waals surface area contributed by atoms with Gasteiger partial charge in [0.1, 0.15) is 30.5 Å². The number of carbonyl (C=O) groups is 2. The second-order valence-corrected chi connectivity index (χ2v) is 17.3. The molecule has 8 heterocycles. The Kier molecular flexibility index (Phi) is 9.15. The standard InChI is InChI=1S/C44H45N5O9S/c1-6-13-55-43(52)58-38-22(3)39-40(57-20-56-39)32-29-17-54-18-30(50)44(42-25(11-12-46-44)24-9-7-8-10-26(24)47-42)19-59-41(33(32)38)35-34-31-23(14-21(2)37(53-5)36(31)51)15-27(48(34)4)28(16-45)49(29)35/h6-10,14,27-29,34-35,41,46-47,51H,1,11-13,15,17-20H2,2-5H3/t27-,28-,29-,34+,35?,41+,44-/m0/s1. The van der Waals surface area contributed by atoms with Gasteiger partial charge in [0.25, 0.3) is 0 Å². The maximum atomic E-state index is 14.9. The van der Waals surface area contributed by atoms with Crippen LogP contribution in [0.3, 0.4) is 0 Å². The highest BCUT2D eigenvalue weighted by atomic mass is 32.2. The lowest BCUT2D eigenvalue weighted by molar-refractivity contribution is -0.132. The lowest BCUT2D eigenvalue weighted by Gasteiger charge is -2.61. The van der Waals surface area contributed by atoms with E-state index in [1.165, 1.54) is 6.08 Å². The Morgan fingerprint density at radius 2 is 2.00 bits per heavy atom. The van der Waals surface area contributed by atoms with Gasteiger partial charge in [-0.15, -0.1) is 11.8 Å². The Morgan fingerprint density at radius 1 is 1.19 bits per heavy atom. The first-order valence-electron chi connectivity index (χ1n) is 19.9. The fourth-order valence-electron chi connectivity index (χ4n) is 10.9. The van der Waals surface area contributed by atoms with Crippen LogP contribution in [-0.2, 0) is 32.6 Å². The van der Waals surface area contributed by atoms with E-state index in [1.807, 2.05) is 39.1 Å². The van der Waals surface area contributed by atoms with Crippen molar-refractivity contribution in [2.75, 3.05) is 53.1 Å². The van der Waals surface area contributed by atoms with Crippen LogP contribution < -0.4 is 24.3 Å². The Hall–Kier alpha value is -5.24. The minimum atomic E-state index is -1.19. The average molecular weight is 820 g/mol.